The maximum absolute atomic E-state index is 11.6. The summed E-state index contributed by atoms with van der Waals surface area (Å²) in [5, 5.41) is 4.12. The number of ether oxygens (including phenoxy) is 1. The first-order valence-corrected chi connectivity index (χ1v) is 7.67. The van der Waals surface area contributed by atoms with Crippen molar-refractivity contribution in [2.24, 2.45) is 5.41 Å². The van der Waals surface area contributed by atoms with Crippen LogP contribution in [0.3, 0.4) is 0 Å². The van der Waals surface area contributed by atoms with Gasteiger partial charge >= 0.3 is 0 Å². The fourth-order valence-corrected chi connectivity index (χ4v) is 3.22. The lowest BCUT2D eigenvalue weighted by molar-refractivity contribution is -0.128. The summed E-state index contributed by atoms with van der Waals surface area (Å²) in [6, 6.07) is 0. The van der Waals surface area contributed by atoms with Gasteiger partial charge in [-0.1, -0.05) is 25.9 Å². The largest absolute Gasteiger partial charge is 0.377 e. The van der Waals surface area contributed by atoms with E-state index in [0.29, 0.717) is 24.7 Å². The van der Waals surface area contributed by atoms with E-state index in [0.717, 1.165) is 26.0 Å². The molecule has 0 aromatic carbocycles. The van der Waals surface area contributed by atoms with Gasteiger partial charge in [0.15, 0.2) is 5.82 Å². The highest BCUT2D eigenvalue weighted by molar-refractivity contribution is 5.77. The van der Waals surface area contributed by atoms with Crippen LogP contribution in [0.4, 0.5) is 0 Å². The normalized spacial score (nSPS) is 26.8. The number of carbonyl (C=O) groups is 1. The van der Waals surface area contributed by atoms with Gasteiger partial charge in [-0.3, -0.25) is 4.79 Å². The van der Waals surface area contributed by atoms with E-state index in [9.17, 15) is 4.79 Å². The number of hydrogen-bond acceptors (Lipinski definition) is 5. The van der Waals surface area contributed by atoms with Crippen LogP contribution in [0.15, 0.2) is 4.52 Å². The second-order valence-corrected chi connectivity index (χ2v) is 7.02. The van der Waals surface area contributed by atoms with Crippen LogP contribution in [0.25, 0.3) is 0 Å². The molecular weight excluding hydrogens is 270 g/mol. The maximum Gasteiger partial charge on any atom is 0.246 e. The van der Waals surface area contributed by atoms with E-state index in [4.69, 9.17) is 9.26 Å². The molecule has 0 unspecified atom stereocenters. The van der Waals surface area contributed by atoms with Crippen molar-refractivity contribution >= 4 is 5.91 Å². The van der Waals surface area contributed by atoms with Crippen molar-refractivity contribution < 1.29 is 14.1 Å². The number of rotatable bonds is 3. The molecule has 2 aliphatic rings. The summed E-state index contributed by atoms with van der Waals surface area (Å²) >= 11 is 0. The van der Waals surface area contributed by atoms with Crippen molar-refractivity contribution in [1.29, 1.82) is 0 Å². The Morgan fingerprint density at radius 3 is 2.86 bits per heavy atom. The van der Waals surface area contributed by atoms with Gasteiger partial charge in [0.25, 0.3) is 0 Å². The second kappa shape index (κ2) is 5.40. The topological polar surface area (TPSA) is 68.5 Å². The van der Waals surface area contributed by atoms with Gasteiger partial charge in [-0.15, -0.1) is 0 Å². The van der Waals surface area contributed by atoms with Crippen LogP contribution in [0.1, 0.15) is 57.7 Å². The molecule has 2 atom stereocenters. The molecule has 2 fully saturated rings. The van der Waals surface area contributed by atoms with Gasteiger partial charge in [0, 0.05) is 19.6 Å². The molecule has 0 saturated carbocycles. The molecule has 1 amide bonds. The lowest BCUT2D eigenvalue weighted by Gasteiger charge is -2.29. The number of amides is 1. The monoisotopic (exact) mass is 293 g/mol. The molecule has 0 radical (unpaired) electrons. The summed E-state index contributed by atoms with van der Waals surface area (Å²) in [4.78, 5) is 17.9. The van der Waals surface area contributed by atoms with Crippen LogP contribution in [0.2, 0.25) is 0 Å². The summed E-state index contributed by atoms with van der Waals surface area (Å²) in [7, 11) is 0. The highest BCUT2D eigenvalue weighted by atomic mass is 16.5. The van der Waals surface area contributed by atoms with E-state index in [1.807, 2.05) is 0 Å². The van der Waals surface area contributed by atoms with Crippen LogP contribution < -0.4 is 0 Å². The summed E-state index contributed by atoms with van der Waals surface area (Å²) in [5.74, 6) is 1.59. The third-order valence-electron chi connectivity index (χ3n) is 4.26. The summed E-state index contributed by atoms with van der Waals surface area (Å²) < 4.78 is 11.2. The molecule has 116 valence electrons. The maximum atomic E-state index is 11.6. The molecule has 21 heavy (non-hydrogen) atoms. The van der Waals surface area contributed by atoms with Gasteiger partial charge in [0.1, 0.15) is 0 Å². The van der Waals surface area contributed by atoms with E-state index in [2.05, 4.69) is 30.9 Å². The quantitative estimate of drug-likeness (QED) is 0.853. The van der Waals surface area contributed by atoms with Gasteiger partial charge < -0.3 is 14.2 Å². The van der Waals surface area contributed by atoms with Crippen molar-refractivity contribution in [2.45, 2.75) is 58.6 Å². The smallest absolute Gasteiger partial charge is 0.246 e. The molecule has 0 spiro atoms. The van der Waals surface area contributed by atoms with E-state index in [1.165, 1.54) is 0 Å². The van der Waals surface area contributed by atoms with Crippen LogP contribution in [0, 0.1) is 5.41 Å². The Hall–Kier alpha value is -1.43. The zero-order valence-corrected chi connectivity index (χ0v) is 13.0. The van der Waals surface area contributed by atoms with Gasteiger partial charge in [-0.2, -0.15) is 4.98 Å². The molecule has 6 nitrogen and oxygen atoms in total. The first-order valence-electron chi connectivity index (χ1n) is 7.67. The van der Waals surface area contributed by atoms with Crippen LogP contribution in [-0.2, 0) is 16.1 Å². The first kappa shape index (κ1) is 14.5. The van der Waals surface area contributed by atoms with Crippen molar-refractivity contribution in [1.82, 2.24) is 15.0 Å². The SMILES string of the molecule is CC(C)(C)[C@H]1OCC[C@@H]1c1noc(CN2CCCC2=O)n1. The fraction of sp³-hybridized carbons (Fsp3) is 0.800. The van der Waals surface area contributed by atoms with Gasteiger partial charge in [0.2, 0.25) is 11.8 Å². The molecule has 0 aliphatic carbocycles. The number of likely N-dealkylation sites (tertiary alicyclic amines) is 1. The third-order valence-corrected chi connectivity index (χ3v) is 4.26. The van der Waals surface area contributed by atoms with Gasteiger partial charge in [-0.25, -0.2) is 0 Å². The number of hydrogen-bond donors (Lipinski definition) is 0. The Morgan fingerprint density at radius 1 is 1.38 bits per heavy atom. The minimum atomic E-state index is 0.0485. The lowest BCUT2D eigenvalue weighted by Crippen LogP contribution is -2.30. The fourth-order valence-electron chi connectivity index (χ4n) is 3.22. The van der Waals surface area contributed by atoms with Crippen LogP contribution >= 0.6 is 0 Å². The van der Waals surface area contributed by atoms with Crippen molar-refractivity contribution in [3.8, 4) is 0 Å². The van der Waals surface area contributed by atoms with E-state index in [-0.39, 0.29) is 23.3 Å². The zero-order chi connectivity index (χ0) is 15.0. The van der Waals surface area contributed by atoms with Crippen molar-refractivity contribution in [3.05, 3.63) is 11.7 Å². The van der Waals surface area contributed by atoms with Crippen LogP contribution in [-0.4, -0.2) is 40.2 Å². The van der Waals surface area contributed by atoms with E-state index < -0.39 is 0 Å². The second-order valence-electron chi connectivity index (χ2n) is 7.02. The molecular formula is C15H23N3O3. The molecule has 2 saturated heterocycles. The average Bonchev–Trinajstić information content (AvgIpc) is 3.10. The molecule has 0 bridgehead atoms. The predicted octanol–water partition coefficient (Wildman–Crippen LogP) is 2.11. The average molecular weight is 293 g/mol. The Labute approximate surface area is 124 Å². The third kappa shape index (κ3) is 2.95. The molecule has 1 aromatic rings. The summed E-state index contributed by atoms with van der Waals surface area (Å²) in [6.07, 6.45) is 2.58. The lowest BCUT2D eigenvalue weighted by atomic mass is 9.81. The van der Waals surface area contributed by atoms with E-state index in [1.54, 1.807) is 4.90 Å². The first-order chi connectivity index (χ1) is 9.95. The standard InChI is InChI=1S/C15H23N3O3/c1-15(2,3)13-10(6-8-20-13)14-16-11(21-17-14)9-18-7-4-5-12(18)19/h10,13H,4-9H2,1-3H3/t10-,13-/m0/s1. The molecule has 3 rings (SSSR count). The Morgan fingerprint density at radius 2 is 2.19 bits per heavy atom. The van der Waals surface area contributed by atoms with Gasteiger partial charge in [-0.05, 0) is 18.3 Å². The minimum Gasteiger partial charge on any atom is -0.377 e. The van der Waals surface area contributed by atoms with Crippen LogP contribution in [0.5, 0.6) is 0 Å². The summed E-state index contributed by atoms with van der Waals surface area (Å²) in [5.41, 5.74) is 0.0485. The molecule has 0 N–H and O–H groups in total. The zero-order valence-electron chi connectivity index (χ0n) is 13.0. The molecule has 2 aliphatic heterocycles. The van der Waals surface area contributed by atoms with Crippen molar-refractivity contribution in [2.75, 3.05) is 13.2 Å². The molecule has 1 aromatic heterocycles. The predicted molar refractivity (Wildman–Crippen MR) is 75.5 cm³/mol. The Balaban J connectivity index is 1.71. The highest BCUT2D eigenvalue weighted by Gasteiger charge is 2.40. The Bertz CT molecular complexity index is 520. The van der Waals surface area contributed by atoms with Gasteiger partial charge in [0.05, 0.1) is 18.6 Å². The molecule has 3 heterocycles. The summed E-state index contributed by atoms with van der Waals surface area (Å²) in [6.45, 7) is 8.45. The van der Waals surface area contributed by atoms with Crippen molar-refractivity contribution in [3.63, 3.8) is 0 Å². The molecule has 6 heteroatoms. The van der Waals surface area contributed by atoms with E-state index >= 15 is 0 Å². The minimum absolute atomic E-state index is 0.0485. The number of nitrogens with zero attached hydrogens (tertiary/aromatic N) is 3. The number of aromatic nitrogens is 2. The number of carbonyl (C=O) groups excluding carboxylic acids is 1. The highest BCUT2D eigenvalue weighted by Crippen LogP contribution is 2.39. The Kier molecular flexibility index (Phi) is 3.73.